The molecule has 27 heavy (non-hydrogen) atoms. The van der Waals surface area contributed by atoms with E-state index in [-0.39, 0.29) is 0 Å². The average molecular weight is 383 g/mol. The van der Waals surface area contributed by atoms with Gasteiger partial charge >= 0.3 is 0 Å². The highest BCUT2D eigenvalue weighted by Crippen LogP contribution is 2.29. The summed E-state index contributed by atoms with van der Waals surface area (Å²) >= 11 is 1.59. The van der Waals surface area contributed by atoms with Crippen LogP contribution >= 0.6 is 11.9 Å². The molecule has 0 radical (unpaired) electrons. The van der Waals surface area contributed by atoms with E-state index < -0.39 is 0 Å². The van der Waals surface area contributed by atoms with Gasteiger partial charge in [0.25, 0.3) is 0 Å². The molecule has 1 aromatic heterocycles. The van der Waals surface area contributed by atoms with Crippen LogP contribution in [0.1, 0.15) is 24.3 Å². The minimum atomic E-state index is 0.550. The number of piperidine rings is 1. The second-order valence-electron chi connectivity index (χ2n) is 6.58. The van der Waals surface area contributed by atoms with Crippen LogP contribution in [0.3, 0.4) is 0 Å². The second kappa shape index (κ2) is 10.1. The molecular formula is C20H26N6S. The van der Waals surface area contributed by atoms with Gasteiger partial charge < -0.3 is 10.6 Å². The molecule has 1 aliphatic rings. The summed E-state index contributed by atoms with van der Waals surface area (Å²) in [6.07, 6.45) is 9.86. The molecule has 0 spiro atoms. The summed E-state index contributed by atoms with van der Waals surface area (Å²) in [7, 11) is 0. The minimum absolute atomic E-state index is 0.550. The van der Waals surface area contributed by atoms with Crippen molar-refractivity contribution in [2.24, 2.45) is 15.9 Å². The molecular weight excluding hydrogens is 356 g/mol. The topological polar surface area (TPSA) is 78.9 Å². The molecule has 142 valence electrons. The van der Waals surface area contributed by atoms with E-state index in [1.165, 1.54) is 5.56 Å². The van der Waals surface area contributed by atoms with Crippen molar-refractivity contribution in [2.75, 3.05) is 30.6 Å². The number of para-hydroxylation sites is 1. The Morgan fingerprint density at radius 1 is 1.30 bits per heavy atom. The van der Waals surface area contributed by atoms with Gasteiger partial charge in [0.1, 0.15) is 0 Å². The Bertz CT molecular complexity index is 769. The quantitative estimate of drug-likeness (QED) is 0.331. The number of nitrogens with zero attached hydrogens (tertiary/aromatic N) is 4. The SMILES string of the molecule is CSNc1cncc(C2CCN(CC(C=Nc3ccccc3)=NN)CC2)c1. The van der Waals surface area contributed by atoms with E-state index in [9.17, 15) is 0 Å². The van der Waals surface area contributed by atoms with Crippen LogP contribution in [0, 0.1) is 0 Å². The van der Waals surface area contributed by atoms with E-state index in [0.717, 1.165) is 49.6 Å². The van der Waals surface area contributed by atoms with Crippen molar-refractivity contribution in [1.29, 1.82) is 0 Å². The highest BCUT2D eigenvalue weighted by Gasteiger charge is 2.21. The molecule has 3 rings (SSSR count). The Hall–Kier alpha value is -2.38. The predicted molar refractivity (Wildman–Crippen MR) is 116 cm³/mol. The number of hydrogen-bond acceptors (Lipinski definition) is 7. The van der Waals surface area contributed by atoms with Crippen LogP contribution in [-0.2, 0) is 0 Å². The lowest BCUT2D eigenvalue weighted by atomic mass is 9.90. The van der Waals surface area contributed by atoms with Crippen molar-refractivity contribution < 1.29 is 0 Å². The Morgan fingerprint density at radius 3 is 2.78 bits per heavy atom. The minimum Gasteiger partial charge on any atom is -0.329 e. The number of nitrogens with two attached hydrogens (primary N) is 1. The highest BCUT2D eigenvalue weighted by molar-refractivity contribution is 7.99. The summed E-state index contributed by atoms with van der Waals surface area (Å²) < 4.78 is 3.26. The fraction of sp³-hybridized carbons (Fsp3) is 0.350. The number of rotatable bonds is 7. The number of anilines is 1. The molecule has 0 aliphatic carbocycles. The number of likely N-dealkylation sites (tertiary alicyclic amines) is 1. The molecule has 7 heteroatoms. The Kier molecular flexibility index (Phi) is 7.24. The summed E-state index contributed by atoms with van der Waals surface area (Å²) in [6, 6.07) is 12.0. The number of nitrogens with one attached hydrogen (secondary N) is 1. The number of pyridine rings is 1. The van der Waals surface area contributed by atoms with Crippen LogP contribution < -0.4 is 10.6 Å². The monoisotopic (exact) mass is 382 g/mol. The maximum atomic E-state index is 5.57. The average Bonchev–Trinajstić information content (AvgIpc) is 2.73. The van der Waals surface area contributed by atoms with Gasteiger partial charge in [0.2, 0.25) is 0 Å². The smallest absolute Gasteiger partial charge is 0.0923 e. The van der Waals surface area contributed by atoms with Crippen molar-refractivity contribution in [1.82, 2.24) is 9.88 Å². The van der Waals surface area contributed by atoms with E-state index in [1.807, 2.05) is 49.0 Å². The van der Waals surface area contributed by atoms with Gasteiger partial charge in [-0.05, 0) is 55.6 Å². The number of aromatic nitrogens is 1. The first-order chi connectivity index (χ1) is 13.3. The zero-order chi connectivity index (χ0) is 18.9. The molecule has 1 fully saturated rings. The third-order valence-electron chi connectivity index (χ3n) is 4.71. The zero-order valence-electron chi connectivity index (χ0n) is 15.6. The number of hydrogen-bond donors (Lipinski definition) is 2. The van der Waals surface area contributed by atoms with Crippen LogP contribution in [-0.4, -0.2) is 47.7 Å². The molecule has 3 N–H and O–H groups in total. The lowest BCUT2D eigenvalue weighted by molar-refractivity contribution is 0.239. The molecule has 6 nitrogen and oxygen atoms in total. The Morgan fingerprint density at radius 2 is 2.07 bits per heavy atom. The molecule has 1 aromatic carbocycles. The maximum absolute atomic E-state index is 5.57. The van der Waals surface area contributed by atoms with E-state index in [4.69, 9.17) is 5.84 Å². The van der Waals surface area contributed by atoms with Crippen molar-refractivity contribution >= 4 is 35.2 Å². The van der Waals surface area contributed by atoms with Crippen molar-refractivity contribution in [3.05, 3.63) is 54.4 Å². The van der Waals surface area contributed by atoms with Crippen LogP contribution in [0.25, 0.3) is 0 Å². The number of benzene rings is 1. The molecule has 0 unspecified atom stereocenters. The molecule has 2 aromatic rings. The van der Waals surface area contributed by atoms with Gasteiger partial charge in [-0.3, -0.25) is 14.9 Å². The molecule has 0 bridgehead atoms. The molecule has 0 atom stereocenters. The normalized spacial score (nSPS) is 16.7. The lowest BCUT2D eigenvalue weighted by Gasteiger charge is -2.31. The van der Waals surface area contributed by atoms with Crippen molar-refractivity contribution in [3.8, 4) is 0 Å². The number of hydrazone groups is 1. The molecule has 1 aliphatic heterocycles. The standard InChI is InChI=1S/C20H26N6S/c1-27-25-19-11-17(12-22-13-19)16-7-9-26(10-8-16)15-20(24-21)14-23-18-5-3-2-4-6-18/h2-6,11-14,16,25H,7-10,15,21H2,1H3. The van der Waals surface area contributed by atoms with Crippen LogP contribution in [0.15, 0.2) is 58.9 Å². The Labute approximate surface area is 165 Å². The first kappa shape index (κ1) is 19.4. The second-order valence-corrected chi connectivity index (χ2v) is 7.19. The van der Waals surface area contributed by atoms with Gasteiger partial charge in [-0.2, -0.15) is 5.10 Å². The fourth-order valence-corrected chi connectivity index (χ4v) is 3.63. The van der Waals surface area contributed by atoms with Crippen LogP contribution in [0.2, 0.25) is 0 Å². The molecule has 2 heterocycles. The first-order valence-corrected chi connectivity index (χ1v) is 10.3. The molecule has 0 amide bonds. The van der Waals surface area contributed by atoms with Crippen molar-refractivity contribution in [3.63, 3.8) is 0 Å². The van der Waals surface area contributed by atoms with E-state index >= 15 is 0 Å². The highest BCUT2D eigenvalue weighted by atomic mass is 32.2. The van der Waals surface area contributed by atoms with Crippen LogP contribution in [0.4, 0.5) is 11.4 Å². The van der Waals surface area contributed by atoms with Gasteiger partial charge in [0.15, 0.2) is 0 Å². The third-order valence-corrected chi connectivity index (χ3v) is 5.15. The summed E-state index contributed by atoms with van der Waals surface area (Å²) in [5.74, 6) is 6.12. The number of aliphatic imine (C=N–C) groups is 1. The lowest BCUT2D eigenvalue weighted by Crippen LogP contribution is -2.37. The van der Waals surface area contributed by atoms with Gasteiger partial charge in [-0.1, -0.05) is 30.1 Å². The third kappa shape index (κ3) is 5.80. The Balaban J connectivity index is 1.52. The summed E-state index contributed by atoms with van der Waals surface area (Å²) in [4.78, 5) is 11.2. The molecule has 0 saturated carbocycles. The zero-order valence-corrected chi connectivity index (χ0v) is 16.4. The largest absolute Gasteiger partial charge is 0.329 e. The van der Waals surface area contributed by atoms with Gasteiger partial charge in [0.05, 0.1) is 29.5 Å². The van der Waals surface area contributed by atoms with Gasteiger partial charge in [0, 0.05) is 19.0 Å². The summed E-state index contributed by atoms with van der Waals surface area (Å²) in [5, 5.41) is 3.91. The first-order valence-electron chi connectivity index (χ1n) is 9.10. The van der Waals surface area contributed by atoms with E-state index in [2.05, 4.69) is 30.8 Å². The predicted octanol–water partition coefficient (Wildman–Crippen LogP) is 3.67. The van der Waals surface area contributed by atoms with Gasteiger partial charge in [-0.15, -0.1) is 0 Å². The van der Waals surface area contributed by atoms with Crippen molar-refractivity contribution in [2.45, 2.75) is 18.8 Å². The summed E-state index contributed by atoms with van der Waals surface area (Å²) in [6.45, 7) is 2.76. The van der Waals surface area contributed by atoms with E-state index in [0.29, 0.717) is 5.92 Å². The van der Waals surface area contributed by atoms with Gasteiger partial charge in [-0.25, -0.2) is 0 Å². The van der Waals surface area contributed by atoms with E-state index in [1.54, 1.807) is 18.2 Å². The fourth-order valence-electron chi connectivity index (χ4n) is 3.29. The maximum Gasteiger partial charge on any atom is 0.0923 e. The molecule has 1 saturated heterocycles. The van der Waals surface area contributed by atoms with Crippen LogP contribution in [0.5, 0.6) is 0 Å². The summed E-state index contributed by atoms with van der Waals surface area (Å²) in [5.41, 5.74) is 4.08.